The molecule has 0 bridgehead atoms. The first kappa shape index (κ1) is 11.0. The first-order valence-electron chi connectivity index (χ1n) is 4.92. The standard InChI is InChI=1S/C11H10BrN3O/c1-2-7-9(12)11(16)15-10(14-7)8-5-3-4-6-13-8/h3-6H,2H2,1H3,(H,14,15,16). The molecular weight excluding hydrogens is 270 g/mol. The molecule has 0 saturated heterocycles. The van der Waals surface area contributed by atoms with Crippen molar-refractivity contribution in [2.45, 2.75) is 13.3 Å². The Morgan fingerprint density at radius 3 is 2.88 bits per heavy atom. The first-order valence-corrected chi connectivity index (χ1v) is 5.71. The highest BCUT2D eigenvalue weighted by atomic mass is 79.9. The normalized spacial score (nSPS) is 10.4. The van der Waals surface area contributed by atoms with E-state index in [0.717, 1.165) is 5.69 Å². The molecule has 0 aromatic carbocycles. The molecule has 4 nitrogen and oxygen atoms in total. The SMILES string of the molecule is CCc1nc(-c2ccccn2)[nH]c(=O)c1Br. The number of pyridine rings is 1. The zero-order valence-electron chi connectivity index (χ0n) is 8.70. The lowest BCUT2D eigenvalue weighted by Crippen LogP contribution is -2.13. The van der Waals surface area contributed by atoms with Crippen LogP contribution in [0, 0.1) is 0 Å². The van der Waals surface area contributed by atoms with E-state index >= 15 is 0 Å². The van der Waals surface area contributed by atoms with Crippen LogP contribution in [0.15, 0.2) is 33.7 Å². The molecule has 0 radical (unpaired) electrons. The molecule has 2 aromatic rings. The minimum Gasteiger partial charge on any atom is -0.304 e. The second-order valence-corrected chi connectivity index (χ2v) is 4.04. The van der Waals surface area contributed by atoms with Crippen LogP contribution < -0.4 is 5.56 Å². The maximum atomic E-state index is 11.6. The highest BCUT2D eigenvalue weighted by Crippen LogP contribution is 2.14. The molecule has 0 amide bonds. The fourth-order valence-electron chi connectivity index (χ4n) is 1.36. The third kappa shape index (κ3) is 2.04. The number of rotatable bonds is 2. The van der Waals surface area contributed by atoms with Crippen molar-refractivity contribution in [3.63, 3.8) is 0 Å². The van der Waals surface area contributed by atoms with Crippen LogP contribution in [-0.2, 0) is 6.42 Å². The number of H-pyrrole nitrogens is 1. The molecule has 0 aliphatic carbocycles. The highest BCUT2D eigenvalue weighted by molar-refractivity contribution is 9.10. The number of halogens is 1. The lowest BCUT2D eigenvalue weighted by molar-refractivity contribution is 0.964. The summed E-state index contributed by atoms with van der Waals surface area (Å²) in [5.74, 6) is 0.505. The topological polar surface area (TPSA) is 58.6 Å². The van der Waals surface area contributed by atoms with Gasteiger partial charge in [0.2, 0.25) is 0 Å². The van der Waals surface area contributed by atoms with Crippen LogP contribution in [-0.4, -0.2) is 15.0 Å². The van der Waals surface area contributed by atoms with E-state index in [0.29, 0.717) is 22.4 Å². The minimum atomic E-state index is -0.174. The second kappa shape index (κ2) is 4.57. The van der Waals surface area contributed by atoms with E-state index in [1.54, 1.807) is 6.20 Å². The summed E-state index contributed by atoms with van der Waals surface area (Å²) < 4.78 is 0.495. The molecule has 0 fully saturated rings. The van der Waals surface area contributed by atoms with Gasteiger partial charge in [-0.2, -0.15) is 0 Å². The molecular formula is C11H10BrN3O. The van der Waals surface area contributed by atoms with Gasteiger partial charge < -0.3 is 4.98 Å². The van der Waals surface area contributed by atoms with Crippen LogP contribution in [0.3, 0.4) is 0 Å². The van der Waals surface area contributed by atoms with Gasteiger partial charge in [-0.3, -0.25) is 9.78 Å². The fourth-order valence-corrected chi connectivity index (χ4v) is 1.83. The molecule has 1 N–H and O–H groups in total. The Hall–Kier alpha value is -1.49. The number of hydrogen-bond donors (Lipinski definition) is 1. The fraction of sp³-hybridized carbons (Fsp3) is 0.182. The Kier molecular flexibility index (Phi) is 3.14. The van der Waals surface area contributed by atoms with Crippen LogP contribution in [0.2, 0.25) is 0 Å². The number of nitrogens with one attached hydrogen (secondary N) is 1. The summed E-state index contributed by atoms with van der Waals surface area (Å²) in [5, 5.41) is 0. The predicted molar refractivity (Wildman–Crippen MR) is 65.2 cm³/mol. The molecule has 16 heavy (non-hydrogen) atoms. The molecule has 2 rings (SSSR count). The van der Waals surface area contributed by atoms with Crippen molar-refractivity contribution in [3.05, 3.63) is 44.9 Å². The molecule has 2 aromatic heterocycles. The maximum Gasteiger partial charge on any atom is 0.265 e. The van der Waals surface area contributed by atoms with E-state index in [1.165, 1.54) is 0 Å². The highest BCUT2D eigenvalue weighted by Gasteiger charge is 2.08. The number of aromatic amines is 1. The zero-order valence-corrected chi connectivity index (χ0v) is 10.3. The zero-order chi connectivity index (χ0) is 11.5. The van der Waals surface area contributed by atoms with Crippen LogP contribution in [0.1, 0.15) is 12.6 Å². The van der Waals surface area contributed by atoms with Gasteiger partial charge in [0.15, 0.2) is 5.82 Å². The molecule has 0 atom stereocenters. The van der Waals surface area contributed by atoms with Crippen molar-refractivity contribution in [1.82, 2.24) is 15.0 Å². The van der Waals surface area contributed by atoms with E-state index < -0.39 is 0 Å². The van der Waals surface area contributed by atoms with Gasteiger partial charge in [0, 0.05) is 6.20 Å². The summed E-state index contributed by atoms with van der Waals surface area (Å²) >= 11 is 3.22. The van der Waals surface area contributed by atoms with Crippen LogP contribution in [0.5, 0.6) is 0 Å². The van der Waals surface area contributed by atoms with E-state index in [9.17, 15) is 4.79 Å². The number of aromatic nitrogens is 3. The van der Waals surface area contributed by atoms with Gasteiger partial charge in [-0.1, -0.05) is 13.0 Å². The maximum absolute atomic E-state index is 11.6. The van der Waals surface area contributed by atoms with Crippen LogP contribution in [0.25, 0.3) is 11.5 Å². The Labute approximate surface area is 101 Å². The third-order valence-corrected chi connectivity index (χ3v) is 2.99. The molecule has 5 heteroatoms. The minimum absolute atomic E-state index is 0.174. The summed E-state index contributed by atoms with van der Waals surface area (Å²) in [6.07, 6.45) is 2.37. The molecule has 0 aliphatic heterocycles. The average Bonchev–Trinajstić information content (AvgIpc) is 2.33. The molecule has 0 spiro atoms. The number of nitrogens with zero attached hydrogens (tertiary/aromatic N) is 2. The summed E-state index contributed by atoms with van der Waals surface area (Å²) in [6.45, 7) is 1.95. The third-order valence-electron chi connectivity index (χ3n) is 2.17. The van der Waals surface area contributed by atoms with Crippen molar-refractivity contribution >= 4 is 15.9 Å². The largest absolute Gasteiger partial charge is 0.304 e. The van der Waals surface area contributed by atoms with Crippen LogP contribution >= 0.6 is 15.9 Å². The van der Waals surface area contributed by atoms with Gasteiger partial charge >= 0.3 is 0 Å². The quantitative estimate of drug-likeness (QED) is 0.917. The van der Waals surface area contributed by atoms with Crippen LogP contribution in [0.4, 0.5) is 0 Å². The summed E-state index contributed by atoms with van der Waals surface area (Å²) in [7, 11) is 0. The first-order chi connectivity index (χ1) is 7.72. The predicted octanol–water partition coefficient (Wildman–Crippen LogP) is 2.16. The Morgan fingerprint density at radius 1 is 1.44 bits per heavy atom. The summed E-state index contributed by atoms with van der Waals surface area (Å²) in [6, 6.07) is 5.49. The Balaban J connectivity index is 2.60. The molecule has 0 aliphatic rings. The monoisotopic (exact) mass is 279 g/mol. The molecule has 2 heterocycles. The van der Waals surface area contributed by atoms with E-state index in [2.05, 4.69) is 30.9 Å². The summed E-state index contributed by atoms with van der Waals surface area (Å²) in [5.41, 5.74) is 1.23. The van der Waals surface area contributed by atoms with Gasteiger partial charge in [-0.25, -0.2) is 4.98 Å². The van der Waals surface area contributed by atoms with E-state index in [1.807, 2.05) is 25.1 Å². The van der Waals surface area contributed by atoms with Gasteiger partial charge in [0.1, 0.15) is 10.2 Å². The van der Waals surface area contributed by atoms with Crippen molar-refractivity contribution in [2.75, 3.05) is 0 Å². The Morgan fingerprint density at radius 2 is 2.25 bits per heavy atom. The van der Waals surface area contributed by atoms with E-state index in [4.69, 9.17) is 0 Å². The lowest BCUT2D eigenvalue weighted by Gasteiger charge is -2.03. The number of aryl methyl sites for hydroxylation is 1. The van der Waals surface area contributed by atoms with Gasteiger partial charge in [0.05, 0.1) is 5.69 Å². The second-order valence-electron chi connectivity index (χ2n) is 3.24. The van der Waals surface area contributed by atoms with Crippen molar-refractivity contribution in [3.8, 4) is 11.5 Å². The molecule has 82 valence electrons. The van der Waals surface area contributed by atoms with E-state index in [-0.39, 0.29) is 5.56 Å². The smallest absolute Gasteiger partial charge is 0.265 e. The van der Waals surface area contributed by atoms with Crippen molar-refractivity contribution in [2.24, 2.45) is 0 Å². The van der Waals surface area contributed by atoms with Gasteiger partial charge in [-0.05, 0) is 34.5 Å². The summed E-state index contributed by atoms with van der Waals surface area (Å²) in [4.78, 5) is 22.8. The Bertz CT molecular complexity index is 551. The number of hydrogen-bond acceptors (Lipinski definition) is 3. The lowest BCUT2D eigenvalue weighted by atomic mass is 10.3. The average molecular weight is 280 g/mol. The molecule has 0 saturated carbocycles. The van der Waals surface area contributed by atoms with Crippen molar-refractivity contribution < 1.29 is 0 Å². The van der Waals surface area contributed by atoms with Crippen molar-refractivity contribution in [1.29, 1.82) is 0 Å². The van der Waals surface area contributed by atoms with Gasteiger partial charge in [-0.15, -0.1) is 0 Å². The van der Waals surface area contributed by atoms with Gasteiger partial charge in [0.25, 0.3) is 5.56 Å². The molecule has 0 unspecified atom stereocenters.